The third-order valence-corrected chi connectivity index (χ3v) is 23.3. The molecule has 8 atom stereocenters. The van der Waals surface area contributed by atoms with E-state index < -0.39 is 17.0 Å². The molecule has 0 bridgehead atoms. The molecular formula is C90H82F4N2O3. The number of hydrogen-bond donors (Lipinski definition) is 0. The van der Waals surface area contributed by atoms with Crippen LogP contribution in [0.15, 0.2) is 311 Å². The minimum Gasteiger partial charge on any atom is -0.490 e. The first-order valence-electron chi connectivity index (χ1n) is 36.1. The summed E-state index contributed by atoms with van der Waals surface area (Å²) in [7, 11) is 0. The van der Waals surface area contributed by atoms with E-state index in [1.807, 2.05) is 42.5 Å². The number of allylic oxidation sites excluding steroid dienone is 32. The van der Waals surface area contributed by atoms with Crippen LogP contribution in [0.5, 0.6) is 5.75 Å². The number of anilines is 3. The number of alkyl halides is 1. The van der Waals surface area contributed by atoms with Gasteiger partial charge in [-0.1, -0.05) is 146 Å². The summed E-state index contributed by atoms with van der Waals surface area (Å²) >= 11 is 0. The summed E-state index contributed by atoms with van der Waals surface area (Å²) in [5.74, 6) is 2.76. The van der Waals surface area contributed by atoms with Gasteiger partial charge in [0.1, 0.15) is 53.1 Å². The van der Waals surface area contributed by atoms with Crippen LogP contribution in [0.2, 0.25) is 0 Å². The van der Waals surface area contributed by atoms with E-state index in [-0.39, 0.29) is 54.0 Å². The highest BCUT2D eigenvalue weighted by atomic mass is 19.1. The van der Waals surface area contributed by atoms with Crippen molar-refractivity contribution >= 4 is 28.2 Å². The van der Waals surface area contributed by atoms with Crippen molar-refractivity contribution in [2.24, 2.45) is 11.8 Å². The lowest BCUT2D eigenvalue weighted by atomic mass is 9.57. The number of ether oxygens (including phenoxy) is 3. The number of halogens is 4. The van der Waals surface area contributed by atoms with Crippen molar-refractivity contribution in [3.05, 3.63) is 345 Å². The molecule has 13 aliphatic rings. The average Bonchev–Trinajstić information content (AvgIpc) is 1.56. The fourth-order valence-corrected chi connectivity index (χ4v) is 18.8. The maximum absolute atomic E-state index is 15.6. The van der Waals surface area contributed by atoms with Gasteiger partial charge in [-0.3, -0.25) is 0 Å². The molecule has 1 aliphatic heterocycles. The summed E-state index contributed by atoms with van der Waals surface area (Å²) in [4.78, 5) is 4.77. The molecule has 0 aromatic heterocycles. The SMILES string of the molecule is C=CC1=CC=C(OC2=CC=C(C3(C4CC=C(F)CC4)C4=C(C=CCC4)c4ccc(N(C5=CC=CC6OC7=C(C(N(c8ccc(F)cc8)c8ccc9c(c8)C(C8=CCC(F)C=C8)(c8ccc(OC%10CC=C(C=C)CC%10)cc8)C8=C9C=CCC8)=CCC7)C56)C5C=CC(F)=CC5)cc43)CC2)CC1. The summed E-state index contributed by atoms with van der Waals surface area (Å²) in [6, 6.07) is 29.1. The molecule has 8 unspecified atom stereocenters. The monoisotopic (exact) mass is 1310 g/mol. The highest BCUT2D eigenvalue weighted by Crippen LogP contribution is 2.64. The second-order valence-electron chi connectivity index (χ2n) is 28.5. The minimum absolute atomic E-state index is 0.0370. The van der Waals surface area contributed by atoms with Gasteiger partial charge in [0, 0.05) is 71.5 Å². The second-order valence-corrected chi connectivity index (χ2v) is 28.5. The molecular weight excluding hydrogens is 1230 g/mol. The first-order valence-corrected chi connectivity index (χ1v) is 36.1. The molecule has 17 rings (SSSR count). The van der Waals surface area contributed by atoms with Crippen LogP contribution in [0.4, 0.5) is 34.6 Å². The fourth-order valence-electron chi connectivity index (χ4n) is 18.8. The zero-order valence-corrected chi connectivity index (χ0v) is 56.0. The number of benzene rings is 4. The molecule has 1 heterocycles. The van der Waals surface area contributed by atoms with Gasteiger partial charge in [0.05, 0.1) is 23.2 Å². The minimum atomic E-state index is -1.09. The lowest BCUT2D eigenvalue weighted by Crippen LogP contribution is -2.42. The first kappa shape index (κ1) is 62.9. The predicted octanol–water partition coefficient (Wildman–Crippen LogP) is 23.1. The van der Waals surface area contributed by atoms with Gasteiger partial charge in [-0.2, -0.15) is 0 Å². The van der Waals surface area contributed by atoms with Gasteiger partial charge in [0.2, 0.25) is 0 Å². The highest BCUT2D eigenvalue weighted by molar-refractivity contribution is 5.94. The highest BCUT2D eigenvalue weighted by Gasteiger charge is 2.54. The molecule has 0 saturated carbocycles. The Bertz CT molecular complexity index is 4670. The molecule has 0 fully saturated rings. The topological polar surface area (TPSA) is 34.2 Å². The summed E-state index contributed by atoms with van der Waals surface area (Å²) in [5, 5.41) is 0. The molecule has 9 heteroatoms. The van der Waals surface area contributed by atoms with Crippen LogP contribution < -0.4 is 14.5 Å². The van der Waals surface area contributed by atoms with Crippen molar-refractivity contribution in [2.75, 3.05) is 9.80 Å². The Morgan fingerprint density at radius 3 is 2.05 bits per heavy atom. The van der Waals surface area contributed by atoms with E-state index in [0.29, 0.717) is 38.5 Å². The van der Waals surface area contributed by atoms with Gasteiger partial charge in [0.15, 0.2) is 0 Å². The Morgan fingerprint density at radius 2 is 1.34 bits per heavy atom. The van der Waals surface area contributed by atoms with Gasteiger partial charge in [-0.25, -0.2) is 17.6 Å². The van der Waals surface area contributed by atoms with Crippen molar-refractivity contribution in [3.8, 4) is 5.75 Å². The maximum atomic E-state index is 15.6. The molecule has 4 aromatic carbocycles. The third kappa shape index (κ3) is 10.9. The van der Waals surface area contributed by atoms with E-state index in [1.54, 1.807) is 30.4 Å². The van der Waals surface area contributed by atoms with Crippen molar-refractivity contribution in [1.29, 1.82) is 0 Å². The number of nitrogens with zero attached hydrogens (tertiary/aromatic N) is 2. The van der Waals surface area contributed by atoms with Crippen molar-refractivity contribution in [2.45, 2.75) is 151 Å². The molecule has 498 valence electrons. The molecule has 0 N–H and O–H groups in total. The molecule has 0 radical (unpaired) electrons. The fraction of sp³-hybridized carbons (Fsp3) is 0.289. The van der Waals surface area contributed by atoms with E-state index in [4.69, 9.17) is 14.2 Å². The first-order chi connectivity index (χ1) is 48.6. The summed E-state index contributed by atoms with van der Waals surface area (Å²) in [5.41, 5.74) is 20.1. The molecule has 0 amide bonds. The average molecular weight is 1320 g/mol. The molecule has 4 aromatic rings. The van der Waals surface area contributed by atoms with Crippen LogP contribution in [-0.2, 0) is 20.3 Å². The van der Waals surface area contributed by atoms with Gasteiger partial charge in [0.25, 0.3) is 0 Å². The van der Waals surface area contributed by atoms with Crippen molar-refractivity contribution in [3.63, 3.8) is 0 Å². The van der Waals surface area contributed by atoms with Crippen LogP contribution in [0.25, 0.3) is 11.1 Å². The van der Waals surface area contributed by atoms with Crippen molar-refractivity contribution < 1.29 is 31.8 Å². The largest absolute Gasteiger partial charge is 0.490 e. The Labute approximate surface area is 579 Å². The van der Waals surface area contributed by atoms with Crippen LogP contribution in [-0.4, -0.2) is 24.4 Å². The Hall–Kier alpha value is -9.60. The lowest BCUT2D eigenvalue weighted by Gasteiger charge is -2.46. The van der Waals surface area contributed by atoms with Crippen LogP contribution >= 0.6 is 0 Å². The Kier molecular flexibility index (Phi) is 16.5. The molecule has 12 aliphatic carbocycles. The molecule has 0 saturated heterocycles. The number of rotatable bonds is 16. The van der Waals surface area contributed by atoms with E-state index in [1.165, 1.54) is 50.1 Å². The summed E-state index contributed by atoms with van der Waals surface area (Å²) in [6.07, 6.45) is 57.8. The van der Waals surface area contributed by atoms with Gasteiger partial charge in [-0.05, 0) is 248 Å². The molecule has 5 nitrogen and oxygen atoms in total. The zero-order valence-electron chi connectivity index (χ0n) is 56.0. The predicted molar refractivity (Wildman–Crippen MR) is 392 cm³/mol. The number of hydrogen-bond acceptors (Lipinski definition) is 5. The van der Waals surface area contributed by atoms with Crippen LogP contribution in [0, 0.1) is 17.7 Å². The maximum Gasteiger partial charge on any atom is 0.129 e. The molecule has 0 spiro atoms. The lowest BCUT2D eigenvalue weighted by molar-refractivity contribution is 0.154. The third-order valence-electron chi connectivity index (χ3n) is 23.3. The van der Waals surface area contributed by atoms with Gasteiger partial charge >= 0.3 is 0 Å². The van der Waals surface area contributed by atoms with E-state index in [0.717, 1.165) is 150 Å². The van der Waals surface area contributed by atoms with Gasteiger partial charge in [-0.15, -0.1) is 0 Å². The normalized spacial score (nSPS) is 27.8. The standard InChI is InChI=1S/C90H82F4N2O3/c1-3-57-19-45-71(46-20-57)97-73-49-27-61(28-50-73)89(59-23-31-63(91)32-24-59)79-13-7-5-11-75(79)77-53-43-69(55-81(77)89)95(67-39-35-65(93)36-40-67)83-15-9-17-85-87(83)88-84(16-10-18-86(88)99-85)96(68-41-37-66(94)38-42-68)70-44-54-78-76-12-6-8-14-80(76)90(82(78)56-70,60-25-33-64(92)34-26-60)62-29-51-74(52-30-62)98-72-47-21-58(4-2)22-48-72/h3-6,9,11-12,15-17,19,21,25-27,29-31,33,35-39,41-45,49,51-56,59,64,67,72,85,87H,1-2,7-8,10,13-14,18,20,22-24,28,32,34,40,46-48,50H2. The Balaban J connectivity index is 0.790. The summed E-state index contributed by atoms with van der Waals surface area (Å²) in [6.45, 7) is 7.99. The van der Waals surface area contributed by atoms with E-state index in [2.05, 4.69) is 169 Å². The van der Waals surface area contributed by atoms with E-state index >= 15 is 17.6 Å². The molecule has 99 heavy (non-hydrogen) atoms. The van der Waals surface area contributed by atoms with Crippen LogP contribution in [0.3, 0.4) is 0 Å². The second kappa shape index (κ2) is 25.9. The smallest absolute Gasteiger partial charge is 0.129 e. The van der Waals surface area contributed by atoms with Crippen molar-refractivity contribution in [1.82, 2.24) is 0 Å². The van der Waals surface area contributed by atoms with Gasteiger partial charge < -0.3 is 24.0 Å². The van der Waals surface area contributed by atoms with E-state index in [9.17, 15) is 0 Å². The summed E-state index contributed by atoms with van der Waals surface area (Å²) < 4.78 is 82.8. The van der Waals surface area contributed by atoms with Crippen LogP contribution in [0.1, 0.15) is 143 Å². The Morgan fingerprint density at radius 1 is 0.586 bits per heavy atom. The quantitative estimate of drug-likeness (QED) is 0.104. The zero-order chi connectivity index (χ0) is 66.9. The number of fused-ring (bicyclic) bond motifs is 6.